The lowest BCUT2D eigenvalue weighted by Gasteiger charge is -2.13. The maximum Gasteiger partial charge on any atom is 0.326 e. The van der Waals surface area contributed by atoms with E-state index >= 15 is 0 Å². The molecule has 106 valence electrons. The summed E-state index contributed by atoms with van der Waals surface area (Å²) in [5, 5.41) is 13.6. The Hall–Kier alpha value is -2.42. The highest BCUT2D eigenvalue weighted by molar-refractivity contribution is 7.13. The van der Waals surface area contributed by atoms with Crippen molar-refractivity contribution in [3.05, 3.63) is 29.3 Å². The molecule has 0 aliphatic carbocycles. The fraction of sp³-hybridized carbons (Fsp3) is 0.273. The SMILES string of the molecule is Nc1nc(CC(=O)N[C@H](Cc2cnc[nH]2)C(=O)O)cs1. The Kier molecular flexibility index (Phi) is 4.31. The lowest BCUT2D eigenvalue weighted by molar-refractivity contribution is -0.141. The summed E-state index contributed by atoms with van der Waals surface area (Å²) in [5.41, 5.74) is 6.62. The maximum absolute atomic E-state index is 11.8. The van der Waals surface area contributed by atoms with Crippen LogP contribution in [-0.4, -0.2) is 38.0 Å². The third-order valence-corrected chi connectivity index (χ3v) is 3.25. The van der Waals surface area contributed by atoms with Crippen LogP contribution in [0.4, 0.5) is 5.13 Å². The second-order valence-electron chi connectivity index (χ2n) is 4.09. The first kappa shape index (κ1) is 14.0. The van der Waals surface area contributed by atoms with Crippen molar-refractivity contribution in [1.29, 1.82) is 0 Å². The molecule has 0 saturated carbocycles. The van der Waals surface area contributed by atoms with Gasteiger partial charge < -0.3 is 21.1 Å². The van der Waals surface area contributed by atoms with Crippen LogP contribution in [0.5, 0.6) is 0 Å². The smallest absolute Gasteiger partial charge is 0.326 e. The Bertz CT molecular complexity index is 595. The summed E-state index contributed by atoms with van der Waals surface area (Å²) in [5.74, 6) is -1.52. The van der Waals surface area contributed by atoms with E-state index in [9.17, 15) is 9.59 Å². The Balaban J connectivity index is 1.94. The van der Waals surface area contributed by atoms with Crippen molar-refractivity contribution in [2.45, 2.75) is 18.9 Å². The summed E-state index contributed by atoms with van der Waals surface area (Å²) in [6.07, 6.45) is 3.11. The molecule has 0 spiro atoms. The van der Waals surface area contributed by atoms with Gasteiger partial charge in [-0.3, -0.25) is 4.79 Å². The molecule has 8 nitrogen and oxygen atoms in total. The fourth-order valence-corrected chi connectivity index (χ4v) is 2.19. The van der Waals surface area contributed by atoms with Gasteiger partial charge in [-0.2, -0.15) is 0 Å². The minimum atomic E-state index is -1.11. The number of nitrogens with two attached hydrogens (primary N) is 1. The lowest BCUT2D eigenvalue weighted by atomic mass is 10.1. The number of H-pyrrole nitrogens is 1. The van der Waals surface area contributed by atoms with Crippen LogP contribution in [0.3, 0.4) is 0 Å². The highest BCUT2D eigenvalue weighted by Crippen LogP contribution is 2.11. The number of nitrogen functional groups attached to an aromatic ring is 1. The molecule has 5 N–H and O–H groups in total. The van der Waals surface area contributed by atoms with Crippen LogP contribution in [0, 0.1) is 0 Å². The third-order valence-electron chi connectivity index (χ3n) is 2.52. The molecular weight excluding hydrogens is 282 g/mol. The summed E-state index contributed by atoms with van der Waals surface area (Å²) in [6.45, 7) is 0. The molecule has 2 aromatic rings. The summed E-state index contributed by atoms with van der Waals surface area (Å²) in [6, 6.07) is -1.01. The van der Waals surface area contributed by atoms with Gasteiger partial charge >= 0.3 is 5.97 Å². The Morgan fingerprint density at radius 3 is 2.90 bits per heavy atom. The zero-order valence-electron chi connectivity index (χ0n) is 10.4. The van der Waals surface area contributed by atoms with E-state index in [-0.39, 0.29) is 12.8 Å². The second kappa shape index (κ2) is 6.15. The number of hydrogen-bond acceptors (Lipinski definition) is 6. The molecule has 2 heterocycles. The van der Waals surface area contributed by atoms with Gasteiger partial charge in [0.25, 0.3) is 0 Å². The van der Waals surface area contributed by atoms with Crippen molar-refractivity contribution in [3.8, 4) is 0 Å². The number of nitrogens with one attached hydrogen (secondary N) is 2. The number of aromatic amines is 1. The van der Waals surface area contributed by atoms with Crippen LogP contribution in [-0.2, 0) is 22.4 Å². The number of anilines is 1. The summed E-state index contributed by atoms with van der Waals surface area (Å²) in [7, 11) is 0. The van der Waals surface area contributed by atoms with Crippen molar-refractivity contribution in [1.82, 2.24) is 20.3 Å². The number of carbonyl (C=O) groups excluding carboxylic acids is 1. The van der Waals surface area contributed by atoms with Gasteiger partial charge in [-0.05, 0) is 0 Å². The Morgan fingerprint density at radius 1 is 1.55 bits per heavy atom. The van der Waals surface area contributed by atoms with Gasteiger partial charge in [0.2, 0.25) is 5.91 Å². The van der Waals surface area contributed by atoms with Crippen LogP contribution in [0.15, 0.2) is 17.9 Å². The summed E-state index contributed by atoms with van der Waals surface area (Å²) in [4.78, 5) is 33.5. The number of imidazole rings is 1. The molecule has 0 saturated heterocycles. The average Bonchev–Trinajstić information content (AvgIpc) is 3.00. The predicted octanol–water partition coefficient (Wildman–Crippen LogP) is -0.197. The molecule has 0 aliphatic rings. The molecule has 1 amide bonds. The van der Waals surface area contributed by atoms with Crippen LogP contribution in [0.2, 0.25) is 0 Å². The van der Waals surface area contributed by atoms with Crippen LogP contribution < -0.4 is 11.1 Å². The van der Waals surface area contributed by atoms with E-state index in [0.717, 1.165) is 0 Å². The van der Waals surface area contributed by atoms with Crippen LogP contribution >= 0.6 is 11.3 Å². The molecule has 0 radical (unpaired) electrons. The largest absolute Gasteiger partial charge is 0.480 e. The van der Waals surface area contributed by atoms with Gasteiger partial charge in [0, 0.05) is 23.7 Å². The molecular formula is C11H13N5O3S. The first-order valence-corrected chi connectivity index (χ1v) is 6.62. The van der Waals surface area contributed by atoms with E-state index < -0.39 is 17.9 Å². The molecule has 0 bridgehead atoms. The van der Waals surface area contributed by atoms with Gasteiger partial charge in [0.05, 0.1) is 18.4 Å². The Morgan fingerprint density at radius 2 is 2.35 bits per heavy atom. The number of nitrogens with zero attached hydrogens (tertiary/aromatic N) is 2. The predicted molar refractivity (Wildman–Crippen MR) is 72.1 cm³/mol. The average molecular weight is 295 g/mol. The van der Waals surface area contributed by atoms with E-state index in [0.29, 0.717) is 16.5 Å². The van der Waals surface area contributed by atoms with Crippen LogP contribution in [0.25, 0.3) is 0 Å². The second-order valence-corrected chi connectivity index (χ2v) is 4.98. The molecule has 20 heavy (non-hydrogen) atoms. The minimum absolute atomic E-state index is 0.000453. The summed E-state index contributed by atoms with van der Waals surface area (Å²) < 4.78 is 0. The maximum atomic E-state index is 11.8. The summed E-state index contributed by atoms with van der Waals surface area (Å²) >= 11 is 1.23. The normalized spacial score (nSPS) is 12.0. The number of rotatable bonds is 6. The van der Waals surface area contributed by atoms with Crippen LogP contribution in [0.1, 0.15) is 11.4 Å². The number of carboxylic acids is 1. The standard InChI is InChI=1S/C11H13N5O3S/c12-11-15-7(4-20-11)2-9(17)16-8(10(18)19)1-6-3-13-5-14-6/h3-5,8H,1-2H2,(H2,12,15)(H,13,14)(H,16,17)(H,18,19)/t8-/m1/s1. The molecule has 0 aliphatic heterocycles. The molecule has 2 aromatic heterocycles. The van der Waals surface area contributed by atoms with Gasteiger partial charge in [-0.15, -0.1) is 11.3 Å². The fourth-order valence-electron chi connectivity index (χ4n) is 1.63. The van der Waals surface area contributed by atoms with Crippen molar-refractivity contribution in [2.24, 2.45) is 0 Å². The monoisotopic (exact) mass is 295 g/mol. The molecule has 1 atom stereocenters. The number of thiazole rings is 1. The number of amides is 1. The van der Waals surface area contributed by atoms with E-state index in [4.69, 9.17) is 10.8 Å². The van der Waals surface area contributed by atoms with Crippen molar-refractivity contribution in [2.75, 3.05) is 5.73 Å². The first-order chi connectivity index (χ1) is 9.54. The number of aromatic nitrogens is 3. The quantitative estimate of drug-likeness (QED) is 0.583. The topological polar surface area (TPSA) is 134 Å². The van der Waals surface area contributed by atoms with Crippen molar-refractivity contribution >= 4 is 28.3 Å². The first-order valence-electron chi connectivity index (χ1n) is 5.74. The van der Waals surface area contributed by atoms with E-state index in [1.165, 1.54) is 23.9 Å². The van der Waals surface area contributed by atoms with Gasteiger partial charge in [-0.25, -0.2) is 14.8 Å². The zero-order chi connectivity index (χ0) is 14.5. The highest BCUT2D eigenvalue weighted by atomic mass is 32.1. The van der Waals surface area contributed by atoms with Crippen molar-refractivity contribution in [3.63, 3.8) is 0 Å². The van der Waals surface area contributed by atoms with Crippen molar-refractivity contribution < 1.29 is 14.7 Å². The van der Waals surface area contributed by atoms with Gasteiger partial charge in [0.15, 0.2) is 5.13 Å². The lowest BCUT2D eigenvalue weighted by Crippen LogP contribution is -2.43. The van der Waals surface area contributed by atoms with E-state index in [1.807, 2.05) is 0 Å². The van der Waals surface area contributed by atoms with E-state index in [2.05, 4.69) is 20.3 Å². The van der Waals surface area contributed by atoms with E-state index in [1.54, 1.807) is 5.38 Å². The third kappa shape index (κ3) is 3.79. The number of aliphatic carboxylic acids is 1. The van der Waals surface area contributed by atoms with Gasteiger partial charge in [-0.1, -0.05) is 0 Å². The highest BCUT2D eigenvalue weighted by Gasteiger charge is 2.21. The number of carboxylic acid groups (broad SMARTS) is 1. The Labute approximate surface area is 118 Å². The molecule has 0 unspecified atom stereocenters. The number of carbonyl (C=O) groups is 2. The van der Waals surface area contributed by atoms with Gasteiger partial charge in [0.1, 0.15) is 6.04 Å². The molecule has 0 fully saturated rings. The molecule has 9 heteroatoms. The zero-order valence-corrected chi connectivity index (χ0v) is 11.2. The molecule has 2 rings (SSSR count). The molecule has 0 aromatic carbocycles. The number of hydrogen-bond donors (Lipinski definition) is 4. The minimum Gasteiger partial charge on any atom is -0.480 e.